The van der Waals surface area contributed by atoms with Crippen molar-refractivity contribution in [3.63, 3.8) is 0 Å². The lowest BCUT2D eigenvalue weighted by atomic mass is 9.87. The second kappa shape index (κ2) is 8.78. The number of nitrogen functional groups attached to an aromatic ring is 1. The molecule has 2 aliphatic carbocycles. The fourth-order valence-corrected chi connectivity index (χ4v) is 5.06. The van der Waals surface area contributed by atoms with Crippen molar-refractivity contribution in [1.82, 2.24) is 19.4 Å². The Morgan fingerprint density at radius 1 is 0.971 bits per heavy atom. The first-order chi connectivity index (χ1) is 17.1. The van der Waals surface area contributed by atoms with E-state index in [4.69, 9.17) is 10.7 Å². The molecule has 3 heterocycles. The number of amides is 1. The second-order valence-corrected chi connectivity index (χ2v) is 9.64. The Balaban J connectivity index is 1.28. The van der Waals surface area contributed by atoms with Gasteiger partial charge in [-0.25, -0.2) is 15.0 Å². The number of hydrogen-bond acceptors (Lipinski definition) is 6. The van der Waals surface area contributed by atoms with Crippen LogP contribution in [0.1, 0.15) is 72.1 Å². The molecule has 0 saturated heterocycles. The lowest BCUT2D eigenvalue weighted by Crippen LogP contribution is -2.18. The zero-order chi connectivity index (χ0) is 23.9. The zero-order valence-corrected chi connectivity index (χ0v) is 19.4. The third-order valence-electron chi connectivity index (χ3n) is 7.17. The summed E-state index contributed by atoms with van der Waals surface area (Å²) >= 11 is 0. The summed E-state index contributed by atoms with van der Waals surface area (Å²) in [7, 11) is 0. The van der Waals surface area contributed by atoms with Gasteiger partial charge in [-0.2, -0.15) is 0 Å². The van der Waals surface area contributed by atoms with Crippen LogP contribution < -0.4 is 11.1 Å². The number of pyridine rings is 1. The molecule has 0 atom stereocenters. The van der Waals surface area contributed by atoms with Crippen molar-refractivity contribution in [3.05, 3.63) is 71.9 Å². The van der Waals surface area contributed by atoms with Crippen molar-refractivity contribution in [3.8, 4) is 11.3 Å². The number of aliphatic hydroxyl groups is 1. The maximum atomic E-state index is 12.8. The number of rotatable bonds is 5. The highest BCUT2D eigenvalue weighted by molar-refractivity contribution is 6.04. The number of nitrogens with one attached hydrogen (secondary N) is 1. The maximum Gasteiger partial charge on any atom is 0.256 e. The maximum absolute atomic E-state index is 12.8. The van der Waals surface area contributed by atoms with Gasteiger partial charge in [-0.3, -0.25) is 9.20 Å². The first-order valence-corrected chi connectivity index (χ1v) is 12.2. The second-order valence-electron chi connectivity index (χ2n) is 9.64. The summed E-state index contributed by atoms with van der Waals surface area (Å²) in [6.45, 7) is 0. The molecule has 8 nitrogen and oxygen atoms in total. The Morgan fingerprint density at radius 2 is 1.71 bits per heavy atom. The summed E-state index contributed by atoms with van der Waals surface area (Å²) in [4.78, 5) is 26.4. The minimum Gasteiger partial charge on any atom is -0.393 e. The summed E-state index contributed by atoms with van der Waals surface area (Å²) < 4.78 is 2.03. The molecule has 4 aromatic rings. The molecule has 2 aliphatic rings. The number of carbonyl (C=O) groups excluding carboxylic acids is 1. The molecule has 1 aromatic carbocycles. The van der Waals surface area contributed by atoms with Gasteiger partial charge in [0.05, 0.1) is 6.10 Å². The molecule has 1 amide bonds. The molecule has 2 saturated carbocycles. The summed E-state index contributed by atoms with van der Waals surface area (Å²) in [6, 6.07) is 11.4. The van der Waals surface area contributed by atoms with Crippen LogP contribution in [0.4, 0.5) is 11.6 Å². The minimum absolute atomic E-state index is 0.200. The topological polar surface area (TPSA) is 118 Å². The van der Waals surface area contributed by atoms with E-state index in [0.29, 0.717) is 23.1 Å². The molecule has 0 aliphatic heterocycles. The summed E-state index contributed by atoms with van der Waals surface area (Å²) in [5.74, 6) is 2.59. The van der Waals surface area contributed by atoms with Crippen LogP contribution in [0.2, 0.25) is 0 Å². The third kappa shape index (κ3) is 4.25. The predicted octanol–water partition coefficient (Wildman–Crippen LogP) is 4.52. The average Bonchev–Trinajstić information content (AvgIpc) is 3.66. The number of nitrogens with two attached hydrogens (primary N) is 1. The van der Waals surface area contributed by atoms with Gasteiger partial charge in [-0.05, 0) is 74.3 Å². The predicted molar refractivity (Wildman–Crippen MR) is 134 cm³/mol. The van der Waals surface area contributed by atoms with Crippen LogP contribution in [0.25, 0.3) is 16.8 Å². The van der Waals surface area contributed by atoms with Crippen LogP contribution in [0.15, 0.2) is 55.0 Å². The number of anilines is 2. The fourth-order valence-electron chi connectivity index (χ4n) is 5.06. The molecule has 35 heavy (non-hydrogen) atoms. The highest BCUT2D eigenvalue weighted by atomic mass is 16.3. The average molecular weight is 469 g/mol. The van der Waals surface area contributed by atoms with E-state index in [1.165, 1.54) is 18.4 Å². The fraction of sp³-hybridized carbons (Fsp3) is 0.333. The molecule has 2 fully saturated rings. The first kappa shape index (κ1) is 21.7. The number of hydrogen-bond donors (Lipinski definition) is 3. The molecule has 4 N–H and O–H groups in total. The molecule has 6 rings (SSSR count). The quantitative estimate of drug-likeness (QED) is 0.396. The van der Waals surface area contributed by atoms with E-state index in [-0.39, 0.29) is 17.9 Å². The molecule has 8 heteroatoms. The number of nitrogens with zero attached hydrogens (tertiary/aromatic N) is 4. The van der Waals surface area contributed by atoms with Gasteiger partial charge in [0.15, 0.2) is 0 Å². The van der Waals surface area contributed by atoms with E-state index in [1.54, 1.807) is 24.5 Å². The normalized spacial score (nSPS) is 20.1. The molecule has 0 radical (unpaired) electrons. The summed E-state index contributed by atoms with van der Waals surface area (Å²) in [5, 5.41) is 12.8. The number of fused-ring (bicyclic) bond motifs is 1. The first-order valence-electron chi connectivity index (χ1n) is 12.2. The Morgan fingerprint density at radius 3 is 2.46 bits per heavy atom. The number of benzene rings is 1. The van der Waals surface area contributed by atoms with Crippen molar-refractivity contribution in [2.24, 2.45) is 0 Å². The molecule has 3 aromatic heterocycles. The van der Waals surface area contributed by atoms with Gasteiger partial charge < -0.3 is 16.2 Å². The molecule has 0 bridgehead atoms. The Bertz CT molecular complexity index is 1380. The Kier molecular flexibility index (Phi) is 5.45. The monoisotopic (exact) mass is 468 g/mol. The number of imidazole rings is 1. The lowest BCUT2D eigenvalue weighted by molar-refractivity contribution is 0.102. The van der Waals surface area contributed by atoms with Gasteiger partial charge in [0, 0.05) is 35.6 Å². The van der Waals surface area contributed by atoms with E-state index < -0.39 is 0 Å². The van der Waals surface area contributed by atoms with E-state index in [0.717, 1.165) is 48.3 Å². The van der Waals surface area contributed by atoms with Crippen LogP contribution in [0.5, 0.6) is 0 Å². The zero-order valence-electron chi connectivity index (χ0n) is 19.4. The van der Waals surface area contributed by atoms with Gasteiger partial charge in [-0.1, -0.05) is 12.1 Å². The molecule has 0 spiro atoms. The van der Waals surface area contributed by atoms with Crippen molar-refractivity contribution >= 4 is 23.1 Å². The molecular formula is C27H28N6O2. The Labute approximate surface area is 203 Å². The van der Waals surface area contributed by atoms with E-state index in [1.807, 2.05) is 34.9 Å². The van der Waals surface area contributed by atoms with Crippen molar-refractivity contribution < 1.29 is 9.90 Å². The number of carbonyl (C=O) groups is 1. The van der Waals surface area contributed by atoms with Gasteiger partial charge in [0.1, 0.15) is 28.7 Å². The largest absolute Gasteiger partial charge is 0.393 e. The minimum atomic E-state index is -0.228. The number of aromatic nitrogens is 4. The van der Waals surface area contributed by atoms with Crippen LogP contribution >= 0.6 is 0 Å². The molecular weight excluding hydrogens is 440 g/mol. The standard InChI is InChI=1S/C27H28N6O2/c28-25-24-23(32-26(33(24)14-13-30-25)18-7-9-21(34)10-8-18)17-3-5-19(6-4-17)27(35)31-22-15-20(11-12-29-22)16-1-2-16/h3-6,11-16,18,21,34H,1-2,7-10H2,(H2,28,30)(H,29,31,35). The van der Waals surface area contributed by atoms with Crippen LogP contribution in [0.3, 0.4) is 0 Å². The summed E-state index contributed by atoms with van der Waals surface area (Å²) in [5.41, 5.74) is 10.4. The van der Waals surface area contributed by atoms with Crippen molar-refractivity contribution in [1.29, 1.82) is 0 Å². The van der Waals surface area contributed by atoms with Crippen LogP contribution in [-0.2, 0) is 0 Å². The highest BCUT2D eigenvalue weighted by Gasteiger charge is 2.27. The summed E-state index contributed by atoms with van der Waals surface area (Å²) in [6.07, 6.45) is 10.8. The van der Waals surface area contributed by atoms with Gasteiger partial charge in [0.2, 0.25) is 0 Å². The number of aliphatic hydroxyl groups excluding tert-OH is 1. The van der Waals surface area contributed by atoms with E-state index >= 15 is 0 Å². The van der Waals surface area contributed by atoms with Crippen molar-refractivity contribution in [2.45, 2.75) is 56.5 Å². The van der Waals surface area contributed by atoms with Gasteiger partial charge in [0.25, 0.3) is 5.91 Å². The van der Waals surface area contributed by atoms with Gasteiger partial charge in [-0.15, -0.1) is 0 Å². The van der Waals surface area contributed by atoms with Crippen LogP contribution in [0, 0.1) is 0 Å². The van der Waals surface area contributed by atoms with Crippen molar-refractivity contribution in [2.75, 3.05) is 11.1 Å². The Hall–Kier alpha value is -3.78. The smallest absolute Gasteiger partial charge is 0.256 e. The SMILES string of the molecule is Nc1nccn2c(C3CCC(O)CC3)nc(-c3ccc(C(=O)Nc4cc(C5CC5)ccn4)cc3)c12. The molecule has 178 valence electrons. The molecule has 0 unspecified atom stereocenters. The highest BCUT2D eigenvalue weighted by Crippen LogP contribution is 2.40. The van der Waals surface area contributed by atoms with E-state index in [9.17, 15) is 9.90 Å². The third-order valence-corrected chi connectivity index (χ3v) is 7.17. The van der Waals surface area contributed by atoms with Gasteiger partial charge >= 0.3 is 0 Å². The van der Waals surface area contributed by atoms with E-state index in [2.05, 4.69) is 15.3 Å². The van der Waals surface area contributed by atoms with Crippen LogP contribution in [-0.4, -0.2) is 36.5 Å². The lowest BCUT2D eigenvalue weighted by Gasteiger charge is -2.24.